The van der Waals surface area contributed by atoms with Crippen molar-refractivity contribution in [2.24, 2.45) is 0 Å². The van der Waals surface area contributed by atoms with Gasteiger partial charge in [-0.1, -0.05) is 24.0 Å². The molecule has 10 heteroatoms. The van der Waals surface area contributed by atoms with Crippen LogP contribution < -0.4 is 5.48 Å². The summed E-state index contributed by atoms with van der Waals surface area (Å²) in [6.07, 6.45) is 4.40. The molecule has 1 aliphatic carbocycles. The lowest BCUT2D eigenvalue weighted by molar-refractivity contribution is -0.131. The molecule has 0 bridgehead atoms. The highest BCUT2D eigenvalue weighted by molar-refractivity contribution is 7.92. The van der Waals surface area contributed by atoms with E-state index in [-0.39, 0.29) is 37.6 Å². The number of carbonyl (C=O) groups is 2. The molecule has 1 aliphatic heterocycles. The number of nitrogens with zero attached hydrogens (tertiary/aromatic N) is 2. The van der Waals surface area contributed by atoms with Crippen LogP contribution in [0.15, 0.2) is 36.5 Å². The van der Waals surface area contributed by atoms with Gasteiger partial charge in [0.2, 0.25) is 0 Å². The van der Waals surface area contributed by atoms with Crippen LogP contribution in [0.2, 0.25) is 0 Å². The van der Waals surface area contributed by atoms with Crippen LogP contribution in [-0.4, -0.2) is 64.3 Å². The normalized spacial score (nSPS) is 18.0. The number of aromatic nitrogens is 1. The first-order chi connectivity index (χ1) is 16.0. The summed E-state index contributed by atoms with van der Waals surface area (Å²) in [4.78, 5) is 26.2. The number of nitrogens with one attached hydrogen (secondary N) is 1. The van der Waals surface area contributed by atoms with Gasteiger partial charge in [0.25, 0.3) is 5.91 Å². The van der Waals surface area contributed by atoms with Gasteiger partial charge < -0.3 is 10.0 Å². The molecule has 2 aromatic rings. The van der Waals surface area contributed by atoms with E-state index >= 15 is 0 Å². The molecule has 2 aliphatic rings. The summed E-state index contributed by atoms with van der Waals surface area (Å²) >= 11 is 0. The van der Waals surface area contributed by atoms with Crippen LogP contribution in [0.25, 0.3) is 0 Å². The average Bonchev–Trinajstić information content (AvgIpc) is 3.43. The Bertz CT molecular complexity index is 1300. The van der Waals surface area contributed by atoms with Crippen LogP contribution >= 0.6 is 0 Å². The van der Waals surface area contributed by atoms with Crippen molar-refractivity contribution >= 4 is 21.8 Å². The second-order valence-electron chi connectivity index (χ2n) is 9.25. The highest BCUT2D eigenvalue weighted by atomic mass is 32.2. The fourth-order valence-corrected chi connectivity index (χ4v) is 4.99. The number of hydrogen-bond acceptors (Lipinski definition) is 6. The first-order valence-electron chi connectivity index (χ1n) is 10.9. The topological polar surface area (TPSA) is 129 Å². The molecule has 2 heterocycles. The zero-order valence-electron chi connectivity index (χ0n) is 19.0. The number of sulfone groups is 1. The molecule has 180 valence electrons. The van der Waals surface area contributed by atoms with Gasteiger partial charge in [-0.15, -0.1) is 0 Å². The van der Waals surface area contributed by atoms with Crippen molar-refractivity contribution in [1.29, 1.82) is 0 Å². The second-order valence-corrected chi connectivity index (χ2v) is 11.7. The Morgan fingerprint density at radius 2 is 1.85 bits per heavy atom. The molecule has 1 fully saturated rings. The molecule has 0 radical (unpaired) electrons. The van der Waals surface area contributed by atoms with Crippen molar-refractivity contribution in [1.82, 2.24) is 14.9 Å². The number of hydroxylamine groups is 1. The van der Waals surface area contributed by atoms with E-state index in [9.17, 15) is 23.1 Å². The number of amides is 2. The Kier molecular flexibility index (Phi) is 6.06. The Morgan fingerprint density at radius 1 is 1.21 bits per heavy atom. The minimum absolute atomic E-state index is 0.0280. The molecule has 1 aromatic carbocycles. The van der Waals surface area contributed by atoms with E-state index in [2.05, 4.69) is 11.8 Å². The zero-order valence-corrected chi connectivity index (χ0v) is 19.9. The van der Waals surface area contributed by atoms with E-state index in [1.165, 1.54) is 21.9 Å². The molecular formula is C24H27N3O6S. The third kappa shape index (κ3) is 4.22. The van der Waals surface area contributed by atoms with E-state index in [0.717, 1.165) is 35.9 Å². The number of carbonyl (C=O) groups excluding carboxylic acids is 2. The SMILES string of the molecule is CC(CCN1Cc2cc(C#Cc3ccc(C4(CO)CC4)cc3)cn2C1=O)(C(=O)NO)S(C)(=O)=O. The maximum Gasteiger partial charge on any atom is 0.328 e. The van der Waals surface area contributed by atoms with Gasteiger partial charge in [-0.05, 0) is 49.9 Å². The van der Waals surface area contributed by atoms with Crippen LogP contribution in [0.4, 0.5) is 4.79 Å². The minimum atomic E-state index is -3.84. The monoisotopic (exact) mass is 485 g/mol. The fourth-order valence-electron chi connectivity index (χ4n) is 4.14. The van der Waals surface area contributed by atoms with Gasteiger partial charge in [0.1, 0.15) is 0 Å². The van der Waals surface area contributed by atoms with Gasteiger partial charge in [0.05, 0.1) is 13.2 Å². The first kappa shape index (κ1) is 24.0. The number of aliphatic hydroxyl groups excluding tert-OH is 1. The van der Waals surface area contributed by atoms with Gasteiger partial charge in [-0.2, -0.15) is 0 Å². The molecule has 2 amide bonds. The number of rotatable bonds is 7. The van der Waals surface area contributed by atoms with Gasteiger partial charge in [-0.3, -0.25) is 14.6 Å². The van der Waals surface area contributed by atoms with Crippen molar-refractivity contribution < 1.29 is 28.3 Å². The highest BCUT2D eigenvalue weighted by Gasteiger charge is 2.45. The molecule has 1 saturated carbocycles. The lowest BCUT2D eigenvalue weighted by Gasteiger charge is -2.27. The van der Waals surface area contributed by atoms with Crippen LogP contribution in [0.5, 0.6) is 0 Å². The second kappa shape index (κ2) is 8.58. The average molecular weight is 486 g/mol. The van der Waals surface area contributed by atoms with Crippen molar-refractivity contribution in [3.05, 3.63) is 58.9 Å². The third-order valence-electron chi connectivity index (χ3n) is 6.99. The standard InChI is InChI=1S/C24H27N3O6S/c1-23(21(29)25-31,34(2,32)33)11-12-26-15-20-13-18(14-27(20)22(26)30)4-3-17-5-7-19(8-6-17)24(16-28)9-10-24/h5-8,13-14,28,31H,9-12,15-16H2,1-2H3,(H,25,29). The highest BCUT2D eigenvalue weighted by Crippen LogP contribution is 2.47. The largest absolute Gasteiger partial charge is 0.395 e. The maximum atomic E-state index is 12.8. The Hall–Kier alpha value is -3.13. The molecule has 34 heavy (non-hydrogen) atoms. The van der Waals surface area contributed by atoms with E-state index < -0.39 is 20.5 Å². The molecule has 1 atom stereocenters. The minimum Gasteiger partial charge on any atom is -0.395 e. The van der Waals surface area contributed by atoms with Gasteiger partial charge >= 0.3 is 6.03 Å². The van der Waals surface area contributed by atoms with Crippen LogP contribution in [0, 0.1) is 11.8 Å². The van der Waals surface area contributed by atoms with Crippen LogP contribution in [0.3, 0.4) is 0 Å². The Balaban J connectivity index is 1.42. The van der Waals surface area contributed by atoms with Crippen molar-refractivity contribution in [3.63, 3.8) is 0 Å². The van der Waals surface area contributed by atoms with E-state index in [4.69, 9.17) is 5.21 Å². The quantitative estimate of drug-likeness (QED) is 0.309. The summed E-state index contributed by atoms with van der Waals surface area (Å²) < 4.78 is 23.8. The molecule has 1 unspecified atom stereocenters. The third-order valence-corrected chi connectivity index (χ3v) is 9.02. The molecule has 3 N–H and O–H groups in total. The van der Waals surface area contributed by atoms with Crippen LogP contribution in [0.1, 0.15) is 48.6 Å². The van der Waals surface area contributed by atoms with Crippen molar-refractivity contribution in [2.75, 3.05) is 19.4 Å². The molecule has 0 spiro atoms. The summed E-state index contributed by atoms with van der Waals surface area (Å²) in [5.41, 5.74) is 4.68. The lowest BCUT2D eigenvalue weighted by atomic mass is 9.96. The lowest BCUT2D eigenvalue weighted by Crippen LogP contribution is -2.50. The molecule has 9 nitrogen and oxygen atoms in total. The van der Waals surface area contributed by atoms with E-state index in [0.29, 0.717) is 5.56 Å². The van der Waals surface area contributed by atoms with Crippen molar-refractivity contribution in [3.8, 4) is 11.8 Å². The van der Waals surface area contributed by atoms with Gasteiger partial charge in [-0.25, -0.2) is 18.7 Å². The van der Waals surface area contributed by atoms with Crippen molar-refractivity contribution in [2.45, 2.75) is 42.9 Å². The predicted octanol–water partition coefficient (Wildman–Crippen LogP) is 1.39. The summed E-state index contributed by atoms with van der Waals surface area (Å²) in [5, 5.41) is 18.5. The van der Waals surface area contributed by atoms with E-state index in [1.807, 2.05) is 24.3 Å². The predicted molar refractivity (Wildman–Crippen MR) is 124 cm³/mol. The maximum absolute atomic E-state index is 12.8. The number of hydrogen-bond donors (Lipinski definition) is 3. The van der Waals surface area contributed by atoms with E-state index in [1.54, 1.807) is 12.3 Å². The summed E-state index contributed by atoms with van der Waals surface area (Å²) in [6.45, 7) is 1.67. The molecule has 4 rings (SSSR count). The summed E-state index contributed by atoms with van der Waals surface area (Å²) in [5.74, 6) is 5.12. The summed E-state index contributed by atoms with van der Waals surface area (Å²) in [7, 11) is -3.84. The number of benzene rings is 1. The summed E-state index contributed by atoms with van der Waals surface area (Å²) in [6, 6.07) is 9.32. The molecule has 0 saturated heterocycles. The Labute approximate surface area is 198 Å². The van der Waals surface area contributed by atoms with Gasteiger partial charge in [0.15, 0.2) is 14.6 Å². The van der Waals surface area contributed by atoms with Gasteiger partial charge in [0, 0.05) is 41.2 Å². The smallest absolute Gasteiger partial charge is 0.328 e. The first-order valence-corrected chi connectivity index (χ1v) is 12.8. The molecular weight excluding hydrogens is 458 g/mol. The Morgan fingerprint density at radius 3 is 2.38 bits per heavy atom. The van der Waals surface area contributed by atoms with Crippen LogP contribution in [-0.2, 0) is 26.6 Å². The number of fused-ring (bicyclic) bond motifs is 1. The fraction of sp³-hybridized carbons (Fsp3) is 0.417. The molecule has 1 aromatic heterocycles. The number of aliphatic hydroxyl groups is 1. The zero-order chi connectivity index (χ0) is 24.7.